The highest BCUT2D eigenvalue weighted by molar-refractivity contribution is 8.15. The molecule has 0 radical (unpaired) electrons. The van der Waals surface area contributed by atoms with E-state index in [0.717, 1.165) is 22.4 Å². The van der Waals surface area contributed by atoms with Gasteiger partial charge in [-0.25, -0.2) is 9.40 Å². The smallest absolute Gasteiger partial charge is 0.262 e. The lowest BCUT2D eigenvalue weighted by Gasteiger charge is -2.23. The fourth-order valence-corrected chi connectivity index (χ4v) is 5.36. The number of aliphatic imine (C=N–C) groups is 1. The average molecular weight is 521 g/mol. The molecule has 2 atom stereocenters. The van der Waals surface area contributed by atoms with Crippen LogP contribution in [0.5, 0.6) is 0 Å². The van der Waals surface area contributed by atoms with Crippen LogP contribution < -0.4 is 5.32 Å². The molecule has 9 heteroatoms. The Kier molecular flexibility index (Phi) is 6.89. The van der Waals surface area contributed by atoms with E-state index in [2.05, 4.69) is 10.3 Å². The van der Waals surface area contributed by atoms with Crippen LogP contribution in [0, 0.1) is 12.7 Å². The van der Waals surface area contributed by atoms with Crippen molar-refractivity contribution in [1.29, 1.82) is 0 Å². The van der Waals surface area contributed by atoms with Gasteiger partial charge in [-0.05, 0) is 54.4 Å². The Hall–Kier alpha value is -3.49. The lowest BCUT2D eigenvalue weighted by Crippen LogP contribution is -2.25. The number of nitrogens with one attached hydrogen (secondary N) is 1. The number of hydrogen-bond donors (Lipinski definition) is 1. The normalized spacial score (nSPS) is 19.3. The molecule has 0 saturated carbocycles. The summed E-state index contributed by atoms with van der Waals surface area (Å²) in [5, 5.41) is 9.68. The van der Waals surface area contributed by atoms with Crippen LogP contribution in [0.3, 0.4) is 0 Å². The molecule has 2 heterocycles. The highest BCUT2D eigenvalue weighted by atomic mass is 35.5. The molecule has 5 rings (SSSR count). The number of hydrazone groups is 1. The quantitative estimate of drug-likeness (QED) is 0.450. The number of carbonyl (C=O) groups excluding carboxylic acids is 2. The fraction of sp³-hybridized carbons (Fsp3) is 0.185. The Balaban J connectivity index is 1.35. The van der Waals surface area contributed by atoms with Crippen molar-refractivity contribution in [2.75, 3.05) is 5.32 Å². The average Bonchev–Trinajstić information content (AvgIpc) is 3.45. The third kappa shape index (κ3) is 5.34. The number of aryl methyl sites for hydroxylation is 1. The van der Waals surface area contributed by atoms with E-state index >= 15 is 0 Å². The van der Waals surface area contributed by atoms with Crippen molar-refractivity contribution in [3.63, 3.8) is 0 Å². The molecule has 6 nitrogen and oxygen atoms in total. The number of hydrogen-bond acceptors (Lipinski definition) is 5. The predicted molar refractivity (Wildman–Crippen MR) is 142 cm³/mol. The van der Waals surface area contributed by atoms with Gasteiger partial charge in [-0.2, -0.15) is 10.1 Å². The summed E-state index contributed by atoms with van der Waals surface area (Å²) in [6, 6.07) is 20.8. The van der Waals surface area contributed by atoms with E-state index < -0.39 is 5.25 Å². The van der Waals surface area contributed by atoms with E-state index in [1.165, 1.54) is 23.9 Å². The van der Waals surface area contributed by atoms with E-state index in [-0.39, 0.29) is 30.1 Å². The first kappa shape index (κ1) is 24.2. The van der Waals surface area contributed by atoms with Crippen molar-refractivity contribution < 1.29 is 14.0 Å². The number of benzene rings is 3. The molecule has 182 valence electrons. The van der Waals surface area contributed by atoms with Crippen molar-refractivity contribution in [3.8, 4) is 0 Å². The Morgan fingerprint density at radius 1 is 1.14 bits per heavy atom. The summed E-state index contributed by atoms with van der Waals surface area (Å²) in [5.41, 5.74) is 4.22. The van der Waals surface area contributed by atoms with E-state index in [0.29, 0.717) is 22.3 Å². The second kappa shape index (κ2) is 10.2. The maximum Gasteiger partial charge on any atom is 0.262 e. The SMILES string of the molecule is Cc1ccc(NC(=O)C[C@H]2SC(N3N=C(c4ccc(F)cc4)C[C@H]3c3cccc(Cl)c3)=NC2=O)cc1. The highest BCUT2D eigenvalue weighted by Gasteiger charge is 2.39. The lowest BCUT2D eigenvalue weighted by atomic mass is 9.98. The molecule has 2 aliphatic rings. The molecule has 2 aliphatic heterocycles. The number of anilines is 1. The van der Waals surface area contributed by atoms with Gasteiger partial charge < -0.3 is 5.32 Å². The molecule has 36 heavy (non-hydrogen) atoms. The maximum atomic E-state index is 13.5. The summed E-state index contributed by atoms with van der Waals surface area (Å²) >= 11 is 7.47. The van der Waals surface area contributed by atoms with Gasteiger partial charge in [0.05, 0.1) is 11.8 Å². The molecular weight excluding hydrogens is 499 g/mol. The standard InChI is InChI=1S/C27H22ClFN4O2S/c1-16-5-11-21(12-6-16)30-25(34)15-24-26(35)31-27(36-24)33-23(18-3-2-4-19(28)13-18)14-22(32-33)17-7-9-20(29)10-8-17/h2-13,23-24H,14-15H2,1H3,(H,30,34)/t23-,24+/m0/s1. The lowest BCUT2D eigenvalue weighted by molar-refractivity contribution is -0.121. The van der Waals surface area contributed by atoms with Crippen molar-refractivity contribution >= 4 is 51.7 Å². The number of amidine groups is 1. The summed E-state index contributed by atoms with van der Waals surface area (Å²) < 4.78 is 13.5. The molecule has 0 saturated heterocycles. The zero-order valence-corrected chi connectivity index (χ0v) is 20.9. The van der Waals surface area contributed by atoms with Crippen LogP contribution in [0.25, 0.3) is 0 Å². The number of carbonyl (C=O) groups is 2. The van der Waals surface area contributed by atoms with Crippen LogP contribution in [0.4, 0.5) is 10.1 Å². The largest absolute Gasteiger partial charge is 0.326 e. The van der Waals surface area contributed by atoms with Gasteiger partial charge in [-0.3, -0.25) is 9.59 Å². The fourth-order valence-electron chi connectivity index (χ4n) is 4.10. The minimum absolute atomic E-state index is 0.00538. The molecule has 0 aliphatic carbocycles. The highest BCUT2D eigenvalue weighted by Crippen LogP contribution is 2.39. The van der Waals surface area contributed by atoms with Crippen LogP contribution >= 0.6 is 23.4 Å². The number of nitrogens with zero attached hydrogens (tertiary/aromatic N) is 3. The van der Waals surface area contributed by atoms with Crippen LogP contribution in [0.2, 0.25) is 5.02 Å². The maximum absolute atomic E-state index is 13.5. The Labute approximate surface area is 217 Å². The van der Waals surface area contributed by atoms with Gasteiger partial charge >= 0.3 is 0 Å². The summed E-state index contributed by atoms with van der Waals surface area (Å²) in [7, 11) is 0. The summed E-state index contributed by atoms with van der Waals surface area (Å²) in [6.45, 7) is 1.97. The summed E-state index contributed by atoms with van der Waals surface area (Å²) in [4.78, 5) is 29.6. The van der Waals surface area contributed by atoms with Crippen LogP contribution in [-0.4, -0.2) is 33.0 Å². The van der Waals surface area contributed by atoms with Gasteiger partial charge in [0.1, 0.15) is 11.1 Å². The van der Waals surface area contributed by atoms with Crippen LogP contribution in [-0.2, 0) is 9.59 Å². The number of halogens is 2. The first-order valence-corrected chi connectivity index (χ1v) is 12.7. The third-order valence-electron chi connectivity index (χ3n) is 5.95. The molecule has 2 amide bonds. The minimum atomic E-state index is -0.643. The second-order valence-corrected chi connectivity index (χ2v) is 10.2. The Bertz CT molecular complexity index is 1380. The molecule has 0 fully saturated rings. The van der Waals surface area contributed by atoms with Gasteiger partial charge in [-0.15, -0.1) is 0 Å². The van der Waals surface area contributed by atoms with Gasteiger partial charge in [0.15, 0.2) is 5.17 Å². The first-order chi connectivity index (χ1) is 17.4. The van der Waals surface area contributed by atoms with Gasteiger partial charge in [-0.1, -0.05) is 65.3 Å². The zero-order valence-electron chi connectivity index (χ0n) is 19.3. The molecule has 0 unspecified atom stereocenters. The predicted octanol–water partition coefficient (Wildman–Crippen LogP) is 5.97. The topological polar surface area (TPSA) is 74.1 Å². The van der Waals surface area contributed by atoms with Gasteiger partial charge in [0, 0.05) is 23.6 Å². The van der Waals surface area contributed by atoms with Gasteiger partial charge in [0.2, 0.25) is 5.91 Å². The van der Waals surface area contributed by atoms with E-state index in [9.17, 15) is 14.0 Å². The molecular formula is C27H22ClFN4O2S. The molecule has 0 spiro atoms. The Morgan fingerprint density at radius 3 is 2.61 bits per heavy atom. The second-order valence-electron chi connectivity index (χ2n) is 8.63. The monoisotopic (exact) mass is 520 g/mol. The van der Waals surface area contributed by atoms with Crippen molar-refractivity contribution in [2.24, 2.45) is 10.1 Å². The minimum Gasteiger partial charge on any atom is -0.326 e. The number of rotatable bonds is 5. The molecule has 0 aromatic heterocycles. The summed E-state index contributed by atoms with van der Waals surface area (Å²) in [5.74, 6) is -0.956. The van der Waals surface area contributed by atoms with E-state index in [1.807, 2.05) is 49.4 Å². The molecule has 0 bridgehead atoms. The third-order valence-corrected chi connectivity index (χ3v) is 7.33. The Morgan fingerprint density at radius 2 is 1.89 bits per heavy atom. The number of amides is 2. The van der Waals surface area contributed by atoms with Gasteiger partial charge in [0.25, 0.3) is 5.91 Å². The molecule has 3 aromatic carbocycles. The molecule has 1 N–H and O–H groups in total. The first-order valence-electron chi connectivity index (χ1n) is 11.4. The van der Waals surface area contributed by atoms with Crippen molar-refractivity contribution in [3.05, 3.63) is 100 Å². The van der Waals surface area contributed by atoms with Crippen molar-refractivity contribution in [1.82, 2.24) is 5.01 Å². The van der Waals surface area contributed by atoms with Crippen molar-refractivity contribution in [2.45, 2.75) is 31.1 Å². The van der Waals surface area contributed by atoms with E-state index in [4.69, 9.17) is 16.7 Å². The molecule has 3 aromatic rings. The zero-order chi connectivity index (χ0) is 25.2. The summed E-state index contributed by atoms with van der Waals surface area (Å²) in [6.07, 6.45) is 0.521. The number of thioether (sulfide) groups is 1. The van der Waals surface area contributed by atoms with Crippen LogP contribution in [0.1, 0.15) is 35.6 Å². The van der Waals surface area contributed by atoms with E-state index in [1.54, 1.807) is 23.2 Å². The van der Waals surface area contributed by atoms with Crippen LogP contribution in [0.15, 0.2) is 82.9 Å².